The molecule has 37 heavy (non-hydrogen) atoms. The number of likely N-dealkylation sites (tertiary alicyclic amines) is 1. The fourth-order valence-corrected chi connectivity index (χ4v) is 5.47. The van der Waals surface area contributed by atoms with Gasteiger partial charge in [-0.2, -0.15) is 0 Å². The molecule has 0 unspecified atom stereocenters. The molecule has 1 fully saturated rings. The zero-order chi connectivity index (χ0) is 26.6. The highest BCUT2D eigenvalue weighted by Gasteiger charge is 2.40. The van der Waals surface area contributed by atoms with Crippen molar-refractivity contribution in [2.24, 2.45) is 5.41 Å². The number of aromatic nitrogens is 1. The maximum Gasteiger partial charge on any atom is 0.309 e. The summed E-state index contributed by atoms with van der Waals surface area (Å²) in [6, 6.07) is 7.68. The highest BCUT2D eigenvalue weighted by Crippen LogP contribution is 2.38. The van der Waals surface area contributed by atoms with Gasteiger partial charge in [-0.3, -0.25) is 9.78 Å². The Morgan fingerprint density at radius 2 is 1.81 bits per heavy atom. The van der Waals surface area contributed by atoms with Gasteiger partial charge in [-0.25, -0.2) is 13.2 Å². The van der Waals surface area contributed by atoms with Crippen molar-refractivity contribution in [3.8, 4) is 5.75 Å². The fraction of sp³-hybridized carbons (Fsp3) is 0.429. The third kappa shape index (κ3) is 6.18. The number of fused-ring (bicyclic) bond motifs is 1. The number of aryl methyl sites for hydroxylation is 2. The molecule has 3 aromatic rings. The summed E-state index contributed by atoms with van der Waals surface area (Å²) in [7, 11) is 1.60. The predicted molar refractivity (Wildman–Crippen MR) is 137 cm³/mol. The van der Waals surface area contributed by atoms with Gasteiger partial charge in [0.1, 0.15) is 5.75 Å². The van der Waals surface area contributed by atoms with Crippen LogP contribution in [0.3, 0.4) is 0 Å². The largest absolute Gasteiger partial charge is 0.497 e. The molecule has 4 rings (SSSR count). The van der Waals surface area contributed by atoms with E-state index in [4.69, 9.17) is 16.3 Å². The summed E-state index contributed by atoms with van der Waals surface area (Å²) in [6.45, 7) is 1.94. The molecular formula is C28H30ClF3N2O3. The lowest BCUT2D eigenvalue weighted by molar-refractivity contribution is -0.152. The van der Waals surface area contributed by atoms with E-state index in [0.29, 0.717) is 80.9 Å². The van der Waals surface area contributed by atoms with E-state index in [1.807, 2.05) is 18.2 Å². The highest BCUT2D eigenvalue weighted by atomic mass is 35.5. The van der Waals surface area contributed by atoms with Crippen molar-refractivity contribution < 1.29 is 27.8 Å². The van der Waals surface area contributed by atoms with Crippen LogP contribution in [-0.2, 0) is 17.6 Å². The first-order chi connectivity index (χ1) is 17.7. The minimum Gasteiger partial charge on any atom is -0.497 e. The van der Waals surface area contributed by atoms with Gasteiger partial charge in [0.25, 0.3) is 0 Å². The van der Waals surface area contributed by atoms with Crippen molar-refractivity contribution in [1.29, 1.82) is 0 Å². The number of aliphatic carboxylic acids is 1. The van der Waals surface area contributed by atoms with Gasteiger partial charge in [-0.15, -0.1) is 0 Å². The van der Waals surface area contributed by atoms with Gasteiger partial charge < -0.3 is 14.7 Å². The molecule has 0 saturated carbocycles. The molecule has 2 aromatic carbocycles. The van der Waals surface area contributed by atoms with Crippen LogP contribution in [0.1, 0.15) is 43.2 Å². The third-order valence-electron chi connectivity index (χ3n) is 7.47. The number of nitrogens with zero attached hydrogens (tertiary/aromatic N) is 2. The van der Waals surface area contributed by atoms with E-state index in [1.165, 1.54) is 0 Å². The van der Waals surface area contributed by atoms with Gasteiger partial charge in [0.05, 0.1) is 23.1 Å². The average molecular weight is 535 g/mol. The molecule has 9 heteroatoms. The molecule has 0 amide bonds. The van der Waals surface area contributed by atoms with Crippen molar-refractivity contribution in [3.05, 3.63) is 70.1 Å². The van der Waals surface area contributed by atoms with E-state index in [0.717, 1.165) is 28.6 Å². The number of carboxylic acid groups (broad SMARTS) is 1. The summed E-state index contributed by atoms with van der Waals surface area (Å²) in [5.41, 5.74) is 1.37. The van der Waals surface area contributed by atoms with E-state index < -0.39 is 28.8 Å². The molecular weight excluding hydrogens is 505 g/mol. The van der Waals surface area contributed by atoms with Crippen LogP contribution in [0.5, 0.6) is 5.75 Å². The Kier molecular flexibility index (Phi) is 8.60. The normalized spacial score (nSPS) is 15.7. The highest BCUT2D eigenvalue weighted by molar-refractivity contribution is 6.32. The summed E-state index contributed by atoms with van der Waals surface area (Å²) in [6.07, 6.45) is 5.59. The quantitative estimate of drug-likeness (QED) is 0.303. The van der Waals surface area contributed by atoms with Crippen LogP contribution >= 0.6 is 11.6 Å². The Balaban J connectivity index is 1.32. The topological polar surface area (TPSA) is 62.7 Å². The molecule has 1 aliphatic heterocycles. The second-order valence-electron chi connectivity index (χ2n) is 9.73. The van der Waals surface area contributed by atoms with Crippen LogP contribution in [0.25, 0.3) is 10.9 Å². The number of ether oxygens (including phenoxy) is 1. The van der Waals surface area contributed by atoms with Crippen LogP contribution in [0.15, 0.2) is 36.5 Å². The van der Waals surface area contributed by atoms with Crippen molar-refractivity contribution in [1.82, 2.24) is 9.88 Å². The van der Waals surface area contributed by atoms with E-state index in [1.54, 1.807) is 13.3 Å². The molecule has 1 N–H and O–H groups in total. The van der Waals surface area contributed by atoms with Gasteiger partial charge in [-0.05, 0) is 106 Å². The Morgan fingerprint density at radius 1 is 1.11 bits per heavy atom. The number of halogens is 4. The number of piperidine rings is 1. The lowest BCUT2D eigenvalue weighted by Crippen LogP contribution is -2.44. The summed E-state index contributed by atoms with van der Waals surface area (Å²) in [4.78, 5) is 18.9. The number of carbonyl (C=O) groups is 1. The third-order valence-corrected chi connectivity index (χ3v) is 7.79. The first kappa shape index (κ1) is 27.2. The zero-order valence-corrected chi connectivity index (χ0v) is 21.5. The molecule has 1 aromatic heterocycles. The minimum absolute atomic E-state index is 0.410. The molecule has 1 saturated heterocycles. The second-order valence-corrected chi connectivity index (χ2v) is 10.1. The SMILES string of the molecule is COc1ccc2ncc(Cl)c(CCCC3(C(=O)O)CCN(CCCc4cc(F)c(F)c(F)c4)CC3)c2c1. The molecule has 198 valence electrons. The Bertz CT molecular complexity index is 1260. The number of rotatable bonds is 10. The summed E-state index contributed by atoms with van der Waals surface area (Å²) in [5, 5.41) is 11.6. The van der Waals surface area contributed by atoms with Crippen LogP contribution in [0.2, 0.25) is 5.02 Å². The number of carboxylic acids is 1. The van der Waals surface area contributed by atoms with Crippen LogP contribution < -0.4 is 4.74 Å². The summed E-state index contributed by atoms with van der Waals surface area (Å²) < 4.78 is 45.3. The number of hydrogen-bond acceptors (Lipinski definition) is 4. The summed E-state index contributed by atoms with van der Waals surface area (Å²) >= 11 is 6.47. The molecule has 0 bridgehead atoms. The molecule has 0 atom stereocenters. The Hall–Kier alpha value is -2.84. The van der Waals surface area contributed by atoms with Crippen molar-refractivity contribution in [3.63, 3.8) is 0 Å². The van der Waals surface area contributed by atoms with E-state index in [2.05, 4.69) is 9.88 Å². The molecule has 2 heterocycles. The van der Waals surface area contributed by atoms with E-state index >= 15 is 0 Å². The average Bonchev–Trinajstić information content (AvgIpc) is 2.89. The smallest absolute Gasteiger partial charge is 0.309 e. The van der Waals surface area contributed by atoms with Crippen molar-refractivity contribution in [2.45, 2.75) is 44.9 Å². The standard InChI is InChI=1S/C28H30ClF3N2O3/c1-37-19-6-7-25-21(16-19)20(22(29)17-33-25)5-2-8-28(27(35)36)9-12-34(13-10-28)11-3-4-18-14-23(30)26(32)24(31)15-18/h6-7,14-17H,2-5,8-13H2,1H3,(H,35,36). The van der Waals surface area contributed by atoms with Crippen LogP contribution in [0, 0.1) is 22.9 Å². The van der Waals surface area contributed by atoms with Gasteiger partial charge >= 0.3 is 5.97 Å². The fourth-order valence-electron chi connectivity index (χ4n) is 5.22. The van der Waals surface area contributed by atoms with Gasteiger partial charge in [0.2, 0.25) is 0 Å². The second kappa shape index (κ2) is 11.7. The number of benzene rings is 2. The van der Waals surface area contributed by atoms with Crippen LogP contribution in [0.4, 0.5) is 13.2 Å². The number of hydrogen-bond donors (Lipinski definition) is 1. The molecule has 1 aliphatic rings. The molecule has 0 aliphatic carbocycles. The maximum atomic E-state index is 13.4. The Morgan fingerprint density at radius 3 is 2.46 bits per heavy atom. The molecule has 5 nitrogen and oxygen atoms in total. The van der Waals surface area contributed by atoms with Crippen molar-refractivity contribution >= 4 is 28.5 Å². The lowest BCUT2D eigenvalue weighted by atomic mass is 9.74. The monoisotopic (exact) mass is 534 g/mol. The lowest BCUT2D eigenvalue weighted by Gasteiger charge is -2.39. The number of methoxy groups -OCH3 is 1. The van der Waals surface area contributed by atoms with Crippen molar-refractivity contribution in [2.75, 3.05) is 26.7 Å². The van der Waals surface area contributed by atoms with E-state index in [9.17, 15) is 23.1 Å². The van der Waals surface area contributed by atoms with Gasteiger partial charge in [-0.1, -0.05) is 11.6 Å². The summed E-state index contributed by atoms with van der Waals surface area (Å²) in [5.74, 6) is -3.89. The molecule has 0 spiro atoms. The Labute approximate surface area is 219 Å². The van der Waals surface area contributed by atoms with E-state index in [-0.39, 0.29) is 0 Å². The van der Waals surface area contributed by atoms with Gasteiger partial charge in [0, 0.05) is 11.6 Å². The molecule has 0 radical (unpaired) electrons. The van der Waals surface area contributed by atoms with Crippen LogP contribution in [-0.4, -0.2) is 47.7 Å². The maximum absolute atomic E-state index is 13.4. The zero-order valence-electron chi connectivity index (χ0n) is 20.7. The van der Waals surface area contributed by atoms with Gasteiger partial charge in [0.15, 0.2) is 17.5 Å². The minimum atomic E-state index is -1.45. The first-order valence-electron chi connectivity index (χ1n) is 12.4. The number of pyridine rings is 1. The predicted octanol–water partition coefficient (Wildman–Crippen LogP) is 6.44. The first-order valence-corrected chi connectivity index (χ1v) is 12.8.